The third-order valence-corrected chi connectivity index (χ3v) is 4.11. The number of methoxy groups -OCH3 is 1. The summed E-state index contributed by atoms with van der Waals surface area (Å²) in [6.07, 6.45) is -1.80. The lowest BCUT2D eigenvalue weighted by Crippen LogP contribution is -2.33. The summed E-state index contributed by atoms with van der Waals surface area (Å²) in [5.74, 6) is 0.805. The molecule has 2 N–H and O–H groups in total. The molecular weight excluding hydrogens is 260 g/mol. The molecule has 2 aliphatic rings. The second-order valence-electron chi connectivity index (χ2n) is 5.43. The van der Waals surface area contributed by atoms with E-state index in [1.54, 1.807) is 7.11 Å². The number of aliphatic hydroxyl groups is 2. The van der Waals surface area contributed by atoms with Gasteiger partial charge in [-0.25, -0.2) is 0 Å². The summed E-state index contributed by atoms with van der Waals surface area (Å²) in [7, 11) is 1.63. The van der Waals surface area contributed by atoms with Gasteiger partial charge in [-0.05, 0) is 18.6 Å². The van der Waals surface area contributed by atoms with Crippen molar-refractivity contribution in [2.24, 2.45) is 0 Å². The fourth-order valence-corrected chi connectivity index (χ4v) is 2.84. The van der Waals surface area contributed by atoms with Crippen LogP contribution in [0.5, 0.6) is 5.75 Å². The SMILES string of the molecule is COc1cccc2c1CO[C@@H]2C[C@@H](O)[C@@H](O)[C@H]1O[C@@H]1C. The highest BCUT2D eigenvalue weighted by molar-refractivity contribution is 5.43. The maximum absolute atomic E-state index is 10.1. The second kappa shape index (κ2) is 5.33. The minimum atomic E-state index is -0.858. The molecule has 1 aromatic rings. The lowest BCUT2D eigenvalue weighted by molar-refractivity contribution is -0.0394. The number of rotatable bonds is 5. The molecule has 1 saturated heterocycles. The van der Waals surface area contributed by atoms with Crippen molar-refractivity contribution < 1.29 is 24.4 Å². The molecule has 110 valence electrons. The summed E-state index contributed by atoms with van der Waals surface area (Å²) >= 11 is 0. The summed E-state index contributed by atoms with van der Waals surface area (Å²) < 4.78 is 16.2. The van der Waals surface area contributed by atoms with E-state index in [2.05, 4.69) is 0 Å². The van der Waals surface area contributed by atoms with Gasteiger partial charge in [0.25, 0.3) is 0 Å². The van der Waals surface area contributed by atoms with Gasteiger partial charge in [-0.1, -0.05) is 12.1 Å². The van der Waals surface area contributed by atoms with Gasteiger partial charge in [0.1, 0.15) is 18.0 Å². The smallest absolute Gasteiger partial charge is 0.124 e. The fourth-order valence-electron chi connectivity index (χ4n) is 2.84. The second-order valence-corrected chi connectivity index (χ2v) is 5.43. The van der Waals surface area contributed by atoms with Crippen molar-refractivity contribution >= 4 is 0 Å². The van der Waals surface area contributed by atoms with Gasteiger partial charge < -0.3 is 24.4 Å². The van der Waals surface area contributed by atoms with Gasteiger partial charge >= 0.3 is 0 Å². The number of ether oxygens (including phenoxy) is 3. The van der Waals surface area contributed by atoms with Crippen LogP contribution in [0, 0.1) is 0 Å². The maximum atomic E-state index is 10.1. The first-order valence-corrected chi connectivity index (χ1v) is 6.90. The molecule has 20 heavy (non-hydrogen) atoms. The van der Waals surface area contributed by atoms with Crippen LogP contribution in [-0.2, 0) is 16.1 Å². The van der Waals surface area contributed by atoms with Crippen molar-refractivity contribution in [3.05, 3.63) is 29.3 Å². The molecule has 0 unspecified atom stereocenters. The average molecular weight is 280 g/mol. The highest BCUT2D eigenvalue weighted by Crippen LogP contribution is 2.39. The van der Waals surface area contributed by atoms with Crippen LogP contribution < -0.4 is 4.74 Å². The summed E-state index contributed by atoms with van der Waals surface area (Å²) in [5, 5.41) is 20.1. The number of hydrogen-bond donors (Lipinski definition) is 2. The summed E-state index contributed by atoms with van der Waals surface area (Å²) in [4.78, 5) is 0. The van der Waals surface area contributed by atoms with E-state index in [1.165, 1.54) is 0 Å². The highest BCUT2D eigenvalue weighted by Gasteiger charge is 2.44. The molecule has 1 aromatic carbocycles. The van der Waals surface area contributed by atoms with Crippen molar-refractivity contribution in [1.29, 1.82) is 0 Å². The van der Waals surface area contributed by atoms with E-state index in [1.807, 2.05) is 25.1 Å². The van der Waals surface area contributed by atoms with Crippen LogP contribution in [0.15, 0.2) is 18.2 Å². The minimum absolute atomic E-state index is 0.0246. The molecule has 0 saturated carbocycles. The van der Waals surface area contributed by atoms with E-state index in [4.69, 9.17) is 14.2 Å². The Balaban J connectivity index is 1.69. The summed E-state index contributed by atoms with van der Waals surface area (Å²) in [6, 6.07) is 5.79. The van der Waals surface area contributed by atoms with Crippen LogP contribution in [0.4, 0.5) is 0 Å². The Labute approximate surface area is 118 Å². The van der Waals surface area contributed by atoms with Gasteiger partial charge in [0, 0.05) is 12.0 Å². The standard InChI is InChI=1S/C15H20O5/c1-8-15(20-8)14(17)11(16)6-13-9-4-3-5-12(18-2)10(9)7-19-13/h3-5,8,11,13-17H,6-7H2,1-2H3/t8-,11-,13-,14-,15+/m1/s1. The number of fused-ring (bicyclic) bond motifs is 1. The van der Waals surface area contributed by atoms with Crippen molar-refractivity contribution in [1.82, 2.24) is 0 Å². The van der Waals surface area contributed by atoms with E-state index in [9.17, 15) is 10.2 Å². The Morgan fingerprint density at radius 1 is 1.40 bits per heavy atom. The van der Waals surface area contributed by atoms with E-state index in [-0.39, 0.29) is 18.3 Å². The van der Waals surface area contributed by atoms with Crippen molar-refractivity contribution in [3.63, 3.8) is 0 Å². The van der Waals surface area contributed by atoms with Crippen molar-refractivity contribution in [2.45, 2.75) is 50.5 Å². The predicted molar refractivity (Wildman–Crippen MR) is 71.5 cm³/mol. The van der Waals surface area contributed by atoms with Crippen LogP contribution in [0.1, 0.15) is 30.6 Å². The molecular formula is C15H20O5. The Kier molecular flexibility index (Phi) is 3.69. The number of hydrogen-bond acceptors (Lipinski definition) is 5. The zero-order chi connectivity index (χ0) is 14.3. The van der Waals surface area contributed by atoms with Crippen LogP contribution >= 0.6 is 0 Å². The molecule has 5 atom stereocenters. The first kappa shape index (κ1) is 13.8. The van der Waals surface area contributed by atoms with Gasteiger partial charge in [0.2, 0.25) is 0 Å². The largest absolute Gasteiger partial charge is 0.496 e. The molecule has 0 amide bonds. The molecule has 0 spiro atoms. The topological polar surface area (TPSA) is 71.5 Å². The first-order valence-electron chi connectivity index (χ1n) is 6.90. The van der Waals surface area contributed by atoms with Crippen LogP contribution in [0.3, 0.4) is 0 Å². The molecule has 5 heteroatoms. The van der Waals surface area contributed by atoms with E-state index >= 15 is 0 Å². The Morgan fingerprint density at radius 3 is 2.80 bits per heavy atom. The summed E-state index contributed by atoms with van der Waals surface area (Å²) in [5.41, 5.74) is 2.05. The van der Waals surface area contributed by atoms with Crippen LogP contribution in [-0.4, -0.2) is 41.7 Å². The number of benzene rings is 1. The fraction of sp³-hybridized carbons (Fsp3) is 0.600. The van der Waals surface area contributed by atoms with Gasteiger partial charge in [0.15, 0.2) is 0 Å². The van der Waals surface area contributed by atoms with Gasteiger partial charge in [0.05, 0.1) is 32.0 Å². The molecule has 0 aliphatic carbocycles. The third-order valence-electron chi connectivity index (χ3n) is 4.11. The summed E-state index contributed by atoms with van der Waals surface area (Å²) in [6.45, 7) is 2.36. The molecule has 5 nitrogen and oxygen atoms in total. The molecule has 2 aliphatic heterocycles. The molecule has 0 aromatic heterocycles. The number of epoxide rings is 1. The van der Waals surface area contributed by atoms with Gasteiger partial charge in [-0.2, -0.15) is 0 Å². The van der Waals surface area contributed by atoms with E-state index < -0.39 is 12.2 Å². The molecule has 1 fully saturated rings. The average Bonchev–Trinajstić information content (AvgIpc) is 3.04. The molecule has 0 radical (unpaired) electrons. The molecule has 2 heterocycles. The Bertz CT molecular complexity index is 489. The van der Waals surface area contributed by atoms with E-state index in [0.717, 1.165) is 16.9 Å². The van der Waals surface area contributed by atoms with Crippen molar-refractivity contribution in [3.8, 4) is 5.75 Å². The third kappa shape index (κ3) is 2.42. The zero-order valence-electron chi connectivity index (χ0n) is 11.7. The van der Waals surface area contributed by atoms with Crippen molar-refractivity contribution in [2.75, 3.05) is 7.11 Å². The van der Waals surface area contributed by atoms with Crippen LogP contribution in [0.2, 0.25) is 0 Å². The number of aliphatic hydroxyl groups excluding tert-OH is 2. The van der Waals surface area contributed by atoms with Gasteiger partial charge in [-0.3, -0.25) is 0 Å². The molecule has 0 bridgehead atoms. The quantitative estimate of drug-likeness (QED) is 0.792. The van der Waals surface area contributed by atoms with E-state index in [0.29, 0.717) is 13.0 Å². The zero-order valence-corrected chi connectivity index (χ0v) is 11.7. The maximum Gasteiger partial charge on any atom is 0.124 e. The normalized spacial score (nSPS) is 30.7. The Hall–Kier alpha value is -1.14. The monoisotopic (exact) mass is 280 g/mol. The predicted octanol–water partition coefficient (Wildman–Crippen LogP) is 1.17. The Morgan fingerprint density at radius 2 is 2.15 bits per heavy atom. The van der Waals surface area contributed by atoms with Gasteiger partial charge in [-0.15, -0.1) is 0 Å². The lowest BCUT2D eigenvalue weighted by atomic mass is 9.97. The first-order chi connectivity index (χ1) is 9.61. The molecule has 3 rings (SSSR count). The minimum Gasteiger partial charge on any atom is -0.496 e. The van der Waals surface area contributed by atoms with Crippen LogP contribution in [0.25, 0.3) is 0 Å². The highest BCUT2D eigenvalue weighted by atomic mass is 16.6. The lowest BCUT2D eigenvalue weighted by Gasteiger charge is -2.20.